The zero-order chi connectivity index (χ0) is 8.97. The molecule has 1 heterocycles. The lowest BCUT2D eigenvalue weighted by Gasteiger charge is -2.24. The molecule has 0 aromatic rings. The van der Waals surface area contributed by atoms with Gasteiger partial charge in [-0.15, -0.1) is 0 Å². The number of piperidine rings is 1. The molecule has 0 spiro atoms. The van der Waals surface area contributed by atoms with Gasteiger partial charge in [0.15, 0.2) is 0 Å². The number of carbonyl (C=O) groups excluding carboxylic acids is 2. The number of hydrogen-bond acceptors (Lipinski definition) is 3. The SMILES string of the molecule is CCOC(=O)N1CCC(=O)CC1.F. The molecule has 76 valence electrons. The van der Waals surface area contributed by atoms with Crippen LogP contribution in [0.5, 0.6) is 0 Å². The third-order valence-electron chi connectivity index (χ3n) is 1.85. The molecule has 1 amide bonds. The van der Waals surface area contributed by atoms with E-state index >= 15 is 0 Å². The van der Waals surface area contributed by atoms with E-state index in [1.807, 2.05) is 0 Å². The average Bonchev–Trinajstić information content (AvgIpc) is 2.06. The first-order chi connectivity index (χ1) is 5.74. The highest BCUT2D eigenvalue weighted by Gasteiger charge is 2.20. The standard InChI is InChI=1S/C8H13NO3.FH/c1-2-12-8(11)9-5-3-7(10)4-6-9;/h2-6H2,1H3;1H. The Hall–Kier alpha value is -1.13. The van der Waals surface area contributed by atoms with Crippen LogP contribution in [0.4, 0.5) is 9.50 Å². The maximum atomic E-state index is 11.1. The quantitative estimate of drug-likeness (QED) is 0.620. The van der Waals surface area contributed by atoms with Crippen LogP contribution in [0.3, 0.4) is 0 Å². The molecule has 1 fully saturated rings. The summed E-state index contributed by atoms with van der Waals surface area (Å²) in [6, 6.07) is 0. The zero-order valence-electron chi connectivity index (χ0n) is 7.62. The minimum atomic E-state index is -0.301. The van der Waals surface area contributed by atoms with Crippen molar-refractivity contribution in [2.75, 3.05) is 19.7 Å². The molecule has 13 heavy (non-hydrogen) atoms. The summed E-state index contributed by atoms with van der Waals surface area (Å²) in [5.41, 5.74) is 0. The number of ether oxygens (including phenoxy) is 1. The van der Waals surface area contributed by atoms with Gasteiger partial charge in [0.25, 0.3) is 0 Å². The van der Waals surface area contributed by atoms with Crippen LogP contribution >= 0.6 is 0 Å². The zero-order valence-corrected chi connectivity index (χ0v) is 7.62. The Kier molecular flexibility index (Phi) is 5.03. The molecule has 1 saturated heterocycles. The summed E-state index contributed by atoms with van der Waals surface area (Å²) < 4.78 is 4.79. The first-order valence-electron chi connectivity index (χ1n) is 4.17. The van der Waals surface area contributed by atoms with Crippen molar-refractivity contribution in [3.8, 4) is 0 Å². The van der Waals surface area contributed by atoms with E-state index < -0.39 is 0 Å². The number of carbonyl (C=O) groups is 2. The maximum Gasteiger partial charge on any atom is 0.409 e. The third-order valence-corrected chi connectivity index (χ3v) is 1.85. The molecule has 0 radical (unpaired) electrons. The van der Waals surface area contributed by atoms with Crippen molar-refractivity contribution in [3.05, 3.63) is 0 Å². The van der Waals surface area contributed by atoms with E-state index in [0.29, 0.717) is 32.5 Å². The van der Waals surface area contributed by atoms with E-state index in [9.17, 15) is 9.59 Å². The lowest BCUT2D eigenvalue weighted by atomic mass is 10.1. The van der Waals surface area contributed by atoms with Crippen LogP contribution in [0.25, 0.3) is 0 Å². The summed E-state index contributed by atoms with van der Waals surface area (Å²) in [4.78, 5) is 23.5. The molecule has 0 atom stereocenters. The molecular formula is C8H14FNO3. The molecule has 1 rings (SSSR count). The van der Waals surface area contributed by atoms with E-state index in [2.05, 4.69) is 0 Å². The van der Waals surface area contributed by atoms with Gasteiger partial charge in [-0.25, -0.2) is 4.79 Å². The van der Waals surface area contributed by atoms with E-state index in [-0.39, 0.29) is 16.6 Å². The van der Waals surface area contributed by atoms with Crippen LogP contribution in [0.15, 0.2) is 0 Å². The predicted octanol–water partition coefficient (Wildman–Crippen LogP) is 0.960. The molecular weight excluding hydrogens is 177 g/mol. The van der Waals surface area contributed by atoms with Gasteiger partial charge in [-0.05, 0) is 6.92 Å². The number of halogens is 1. The van der Waals surface area contributed by atoms with Crippen molar-refractivity contribution >= 4 is 11.9 Å². The lowest BCUT2D eigenvalue weighted by Crippen LogP contribution is -2.38. The van der Waals surface area contributed by atoms with Gasteiger partial charge < -0.3 is 9.64 Å². The van der Waals surface area contributed by atoms with Crippen molar-refractivity contribution in [1.29, 1.82) is 0 Å². The van der Waals surface area contributed by atoms with Crippen LogP contribution in [-0.4, -0.2) is 36.5 Å². The van der Waals surface area contributed by atoms with Crippen LogP contribution in [0, 0.1) is 0 Å². The smallest absolute Gasteiger partial charge is 0.409 e. The van der Waals surface area contributed by atoms with E-state index in [1.54, 1.807) is 11.8 Å². The van der Waals surface area contributed by atoms with Crippen LogP contribution < -0.4 is 0 Å². The van der Waals surface area contributed by atoms with Gasteiger partial charge in [0.05, 0.1) is 6.61 Å². The van der Waals surface area contributed by atoms with Crippen LogP contribution in [0.2, 0.25) is 0 Å². The minimum absolute atomic E-state index is 0. The van der Waals surface area contributed by atoms with Gasteiger partial charge >= 0.3 is 6.09 Å². The Balaban J connectivity index is 0.00000144. The Bertz CT molecular complexity index is 186. The number of Topliss-reactive ketones (excluding diaryl/α,β-unsaturated/α-hetero) is 1. The summed E-state index contributed by atoms with van der Waals surface area (Å²) >= 11 is 0. The van der Waals surface area contributed by atoms with E-state index in [1.165, 1.54) is 0 Å². The highest BCUT2D eigenvalue weighted by molar-refractivity contribution is 5.81. The lowest BCUT2D eigenvalue weighted by molar-refractivity contribution is -0.121. The Morgan fingerprint density at radius 3 is 2.46 bits per heavy atom. The monoisotopic (exact) mass is 191 g/mol. The molecule has 0 unspecified atom stereocenters. The number of amides is 1. The van der Waals surface area contributed by atoms with Crippen molar-refractivity contribution in [2.24, 2.45) is 0 Å². The van der Waals surface area contributed by atoms with Crippen molar-refractivity contribution in [1.82, 2.24) is 4.90 Å². The predicted molar refractivity (Wildman–Crippen MR) is 45.3 cm³/mol. The van der Waals surface area contributed by atoms with Gasteiger partial charge in [-0.1, -0.05) is 0 Å². The van der Waals surface area contributed by atoms with Gasteiger partial charge in [0.1, 0.15) is 5.78 Å². The van der Waals surface area contributed by atoms with Gasteiger partial charge in [0, 0.05) is 25.9 Å². The molecule has 1 aliphatic heterocycles. The van der Waals surface area contributed by atoms with Gasteiger partial charge in [-0.2, -0.15) is 0 Å². The van der Waals surface area contributed by atoms with Crippen molar-refractivity contribution < 1.29 is 19.0 Å². The summed E-state index contributed by atoms with van der Waals surface area (Å²) in [6.07, 6.45) is 0.641. The highest BCUT2D eigenvalue weighted by atomic mass is 19.0. The number of hydrogen-bond donors (Lipinski definition) is 0. The molecule has 0 bridgehead atoms. The Labute approximate surface area is 76.2 Å². The number of ketones is 1. The molecule has 0 aromatic heterocycles. The fourth-order valence-electron chi connectivity index (χ4n) is 1.15. The van der Waals surface area contributed by atoms with Crippen LogP contribution in [0.1, 0.15) is 19.8 Å². The number of nitrogens with zero attached hydrogens (tertiary/aromatic N) is 1. The number of rotatable bonds is 1. The fraction of sp³-hybridized carbons (Fsp3) is 0.750. The molecule has 5 heteroatoms. The molecule has 1 aliphatic rings. The maximum absolute atomic E-state index is 11.1. The molecule has 0 saturated carbocycles. The van der Waals surface area contributed by atoms with Crippen molar-refractivity contribution in [3.63, 3.8) is 0 Å². The second-order valence-electron chi connectivity index (χ2n) is 2.72. The first-order valence-corrected chi connectivity index (χ1v) is 4.17. The topological polar surface area (TPSA) is 46.6 Å². The van der Waals surface area contributed by atoms with Gasteiger partial charge in [-0.3, -0.25) is 9.50 Å². The second-order valence-corrected chi connectivity index (χ2v) is 2.72. The molecule has 0 aromatic carbocycles. The van der Waals surface area contributed by atoms with Crippen LogP contribution in [-0.2, 0) is 9.53 Å². The molecule has 4 nitrogen and oxygen atoms in total. The molecule has 0 N–H and O–H groups in total. The van der Waals surface area contributed by atoms with Gasteiger partial charge in [0.2, 0.25) is 0 Å². The Morgan fingerprint density at radius 2 is 2.00 bits per heavy atom. The summed E-state index contributed by atoms with van der Waals surface area (Å²) in [5.74, 6) is 0.232. The van der Waals surface area contributed by atoms with Crippen molar-refractivity contribution in [2.45, 2.75) is 19.8 Å². The van der Waals surface area contributed by atoms with E-state index in [4.69, 9.17) is 4.74 Å². The largest absolute Gasteiger partial charge is 0.450 e. The first kappa shape index (κ1) is 11.9. The average molecular weight is 191 g/mol. The molecule has 0 aliphatic carbocycles. The minimum Gasteiger partial charge on any atom is -0.450 e. The summed E-state index contributed by atoms with van der Waals surface area (Å²) in [7, 11) is 0. The summed E-state index contributed by atoms with van der Waals surface area (Å²) in [6.45, 7) is 3.19. The second kappa shape index (κ2) is 5.50. The normalized spacial score (nSPS) is 16.4. The van der Waals surface area contributed by atoms with E-state index in [0.717, 1.165) is 0 Å². The fourth-order valence-corrected chi connectivity index (χ4v) is 1.15. The highest BCUT2D eigenvalue weighted by Crippen LogP contribution is 2.06. The third kappa shape index (κ3) is 3.40. The Morgan fingerprint density at radius 1 is 1.46 bits per heavy atom. The number of likely N-dealkylation sites (tertiary alicyclic amines) is 1. The summed E-state index contributed by atoms with van der Waals surface area (Å²) in [5, 5.41) is 0.